The van der Waals surface area contributed by atoms with Crippen LogP contribution in [0.3, 0.4) is 0 Å². The van der Waals surface area contributed by atoms with E-state index < -0.39 is 15.8 Å². The zero-order valence-electron chi connectivity index (χ0n) is 14.5. The SMILES string of the molecule is Cc1csc(NC(=O)c2ccc(NS(=O)(=O)c3ccc(F)c(C)c3)cc2)n1. The zero-order chi connectivity index (χ0) is 19.6. The maximum absolute atomic E-state index is 13.3. The number of anilines is 2. The van der Waals surface area contributed by atoms with E-state index in [4.69, 9.17) is 0 Å². The molecule has 1 heterocycles. The summed E-state index contributed by atoms with van der Waals surface area (Å²) in [5, 5.41) is 5.00. The number of aryl methyl sites for hydroxylation is 2. The summed E-state index contributed by atoms with van der Waals surface area (Å²) in [5.74, 6) is -0.812. The Bertz CT molecular complexity index is 1090. The quantitative estimate of drug-likeness (QED) is 0.673. The largest absolute Gasteiger partial charge is 0.298 e. The van der Waals surface area contributed by atoms with Gasteiger partial charge in [0.1, 0.15) is 5.82 Å². The molecule has 0 fully saturated rings. The van der Waals surface area contributed by atoms with Gasteiger partial charge in [0.2, 0.25) is 0 Å². The number of thiazole rings is 1. The molecule has 1 aromatic heterocycles. The standard InChI is InChI=1S/C18H16FN3O3S2/c1-11-9-15(7-8-16(11)19)27(24,25)22-14-5-3-13(4-6-14)17(23)21-18-20-12(2)10-26-18/h3-10,22H,1-2H3,(H,20,21,23). The highest BCUT2D eigenvalue weighted by molar-refractivity contribution is 7.92. The van der Waals surface area contributed by atoms with E-state index in [0.29, 0.717) is 16.4 Å². The lowest BCUT2D eigenvalue weighted by Crippen LogP contribution is -2.14. The minimum absolute atomic E-state index is 0.0395. The second-order valence-electron chi connectivity index (χ2n) is 5.84. The van der Waals surface area contributed by atoms with Gasteiger partial charge in [-0.2, -0.15) is 0 Å². The maximum atomic E-state index is 13.3. The molecule has 140 valence electrons. The number of benzene rings is 2. The van der Waals surface area contributed by atoms with Crippen molar-refractivity contribution in [2.75, 3.05) is 10.0 Å². The molecular weight excluding hydrogens is 389 g/mol. The van der Waals surface area contributed by atoms with Gasteiger partial charge in [0.15, 0.2) is 5.13 Å². The Morgan fingerprint density at radius 2 is 1.81 bits per heavy atom. The van der Waals surface area contributed by atoms with Gasteiger partial charge in [0.05, 0.1) is 10.6 Å². The lowest BCUT2D eigenvalue weighted by molar-refractivity contribution is 0.102. The van der Waals surface area contributed by atoms with Gasteiger partial charge in [-0.15, -0.1) is 11.3 Å². The first kappa shape index (κ1) is 19.0. The Balaban J connectivity index is 1.73. The number of hydrogen-bond acceptors (Lipinski definition) is 5. The van der Waals surface area contributed by atoms with Crippen molar-refractivity contribution in [3.05, 3.63) is 70.5 Å². The van der Waals surface area contributed by atoms with Gasteiger partial charge < -0.3 is 0 Å². The van der Waals surface area contributed by atoms with E-state index in [-0.39, 0.29) is 16.4 Å². The smallest absolute Gasteiger partial charge is 0.261 e. The molecule has 2 aromatic carbocycles. The molecule has 3 rings (SSSR count). The predicted octanol–water partition coefficient (Wildman–Crippen LogP) is 3.95. The molecule has 0 unspecified atom stereocenters. The summed E-state index contributed by atoms with van der Waals surface area (Å²) < 4.78 is 40.6. The number of halogens is 1. The molecule has 0 spiro atoms. The van der Waals surface area contributed by atoms with Crippen LogP contribution in [-0.2, 0) is 10.0 Å². The Labute approximate surface area is 160 Å². The van der Waals surface area contributed by atoms with Crippen molar-refractivity contribution in [3.63, 3.8) is 0 Å². The molecule has 0 aliphatic rings. The monoisotopic (exact) mass is 405 g/mol. The van der Waals surface area contributed by atoms with Crippen LogP contribution in [0.25, 0.3) is 0 Å². The molecule has 0 aliphatic heterocycles. The number of sulfonamides is 1. The molecule has 0 radical (unpaired) electrons. The van der Waals surface area contributed by atoms with Gasteiger partial charge in [-0.1, -0.05) is 0 Å². The number of nitrogens with one attached hydrogen (secondary N) is 2. The molecule has 27 heavy (non-hydrogen) atoms. The average molecular weight is 405 g/mol. The molecule has 0 bridgehead atoms. The van der Waals surface area contributed by atoms with Gasteiger partial charge in [0.25, 0.3) is 15.9 Å². The topological polar surface area (TPSA) is 88.2 Å². The summed E-state index contributed by atoms with van der Waals surface area (Å²) in [7, 11) is -3.86. The van der Waals surface area contributed by atoms with Gasteiger partial charge in [-0.25, -0.2) is 17.8 Å². The number of amides is 1. The molecule has 2 N–H and O–H groups in total. The molecule has 0 saturated carbocycles. The van der Waals surface area contributed by atoms with Crippen molar-refractivity contribution >= 4 is 38.1 Å². The highest BCUT2D eigenvalue weighted by atomic mass is 32.2. The predicted molar refractivity (Wildman–Crippen MR) is 103 cm³/mol. The van der Waals surface area contributed by atoms with Crippen LogP contribution in [0, 0.1) is 19.7 Å². The first-order valence-electron chi connectivity index (χ1n) is 7.87. The van der Waals surface area contributed by atoms with Gasteiger partial charge in [-0.05, 0) is 61.9 Å². The van der Waals surface area contributed by atoms with Crippen LogP contribution in [-0.4, -0.2) is 19.3 Å². The van der Waals surface area contributed by atoms with Gasteiger partial charge in [-0.3, -0.25) is 14.8 Å². The Morgan fingerprint density at radius 3 is 2.41 bits per heavy atom. The third kappa shape index (κ3) is 4.50. The molecule has 9 heteroatoms. The van der Waals surface area contributed by atoms with Crippen molar-refractivity contribution in [2.24, 2.45) is 0 Å². The number of carbonyl (C=O) groups is 1. The van der Waals surface area contributed by atoms with E-state index in [9.17, 15) is 17.6 Å². The summed E-state index contributed by atoms with van der Waals surface area (Å²) >= 11 is 1.32. The summed E-state index contributed by atoms with van der Waals surface area (Å²) in [4.78, 5) is 16.3. The van der Waals surface area contributed by atoms with Crippen molar-refractivity contribution < 1.29 is 17.6 Å². The summed E-state index contributed by atoms with van der Waals surface area (Å²) in [5.41, 5.74) is 1.71. The third-order valence-corrected chi connectivity index (χ3v) is 5.93. The van der Waals surface area contributed by atoms with Crippen LogP contribution < -0.4 is 10.0 Å². The fraction of sp³-hybridized carbons (Fsp3) is 0.111. The van der Waals surface area contributed by atoms with Crippen LogP contribution in [0.2, 0.25) is 0 Å². The van der Waals surface area contributed by atoms with Crippen LogP contribution in [0.1, 0.15) is 21.6 Å². The zero-order valence-corrected chi connectivity index (χ0v) is 16.1. The number of nitrogens with zero attached hydrogens (tertiary/aromatic N) is 1. The van der Waals surface area contributed by atoms with Crippen molar-refractivity contribution in [1.82, 2.24) is 4.98 Å². The Morgan fingerprint density at radius 1 is 1.11 bits per heavy atom. The van der Waals surface area contributed by atoms with Crippen molar-refractivity contribution in [2.45, 2.75) is 18.7 Å². The minimum Gasteiger partial charge on any atom is -0.298 e. The average Bonchev–Trinajstić information content (AvgIpc) is 3.02. The molecule has 6 nitrogen and oxygen atoms in total. The molecular formula is C18H16FN3O3S2. The highest BCUT2D eigenvalue weighted by Gasteiger charge is 2.16. The summed E-state index contributed by atoms with van der Waals surface area (Å²) in [6.07, 6.45) is 0. The normalized spacial score (nSPS) is 11.2. The number of carbonyl (C=O) groups excluding carboxylic acids is 1. The number of hydrogen-bond donors (Lipinski definition) is 2. The molecule has 0 saturated heterocycles. The van der Waals surface area contributed by atoms with Gasteiger partial charge >= 0.3 is 0 Å². The van der Waals surface area contributed by atoms with E-state index in [1.807, 2.05) is 12.3 Å². The van der Waals surface area contributed by atoms with Crippen LogP contribution >= 0.6 is 11.3 Å². The highest BCUT2D eigenvalue weighted by Crippen LogP contribution is 2.20. The van der Waals surface area contributed by atoms with Crippen molar-refractivity contribution in [1.29, 1.82) is 0 Å². The number of aromatic nitrogens is 1. The minimum atomic E-state index is -3.86. The molecule has 0 aliphatic carbocycles. The van der Waals surface area contributed by atoms with Crippen molar-refractivity contribution in [3.8, 4) is 0 Å². The van der Waals surface area contributed by atoms with E-state index in [2.05, 4.69) is 15.0 Å². The Kier molecular flexibility index (Phi) is 5.24. The first-order valence-corrected chi connectivity index (χ1v) is 10.2. The molecule has 1 amide bonds. The van der Waals surface area contributed by atoms with E-state index in [0.717, 1.165) is 11.8 Å². The molecule has 0 atom stereocenters. The van der Waals surface area contributed by atoms with E-state index >= 15 is 0 Å². The summed E-state index contributed by atoms with van der Waals surface area (Å²) in [6, 6.07) is 9.54. The lowest BCUT2D eigenvalue weighted by atomic mass is 10.2. The third-order valence-electron chi connectivity index (χ3n) is 3.68. The fourth-order valence-corrected chi connectivity index (χ4v) is 4.10. The van der Waals surface area contributed by atoms with E-state index in [1.165, 1.54) is 54.7 Å². The fourth-order valence-electron chi connectivity index (χ4n) is 2.27. The molecule has 3 aromatic rings. The van der Waals surface area contributed by atoms with E-state index in [1.54, 1.807) is 0 Å². The van der Waals surface area contributed by atoms with Crippen LogP contribution in [0.4, 0.5) is 15.2 Å². The summed E-state index contributed by atoms with van der Waals surface area (Å²) in [6.45, 7) is 3.32. The maximum Gasteiger partial charge on any atom is 0.261 e. The first-order chi connectivity index (χ1) is 12.7. The number of rotatable bonds is 5. The second-order valence-corrected chi connectivity index (χ2v) is 8.38. The van der Waals surface area contributed by atoms with Gasteiger partial charge in [0, 0.05) is 16.6 Å². The van der Waals surface area contributed by atoms with Crippen LogP contribution in [0.15, 0.2) is 52.7 Å². The Hall–Kier alpha value is -2.78. The lowest BCUT2D eigenvalue weighted by Gasteiger charge is -2.10. The second kappa shape index (κ2) is 7.45. The van der Waals surface area contributed by atoms with Crippen LogP contribution in [0.5, 0.6) is 0 Å².